The molecule has 2 aromatic rings. The van der Waals surface area contributed by atoms with Crippen LogP contribution in [0.1, 0.15) is 68.8 Å². The number of aliphatic carboxylic acids is 1. The first-order chi connectivity index (χ1) is 18.5. The minimum absolute atomic E-state index is 0.0625. The van der Waals surface area contributed by atoms with E-state index in [1.54, 1.807) is 30.3 Å². The van der Waals surface area contributed by atoms with Crippen LogP contribution < -0.4 is 10.6 Å². The van der Waals surface area contributed by atoms with Crippen molar-refractivity contribution in [2.24, 2.45) is 16.5 Å². The third-order valence-electron chi connectivity index (χ3n) is 7.18. The van der Waals surface area contributed by atoms with Crippen LogP contribution in [0.25, 0.3) is 0 Å². The van der Waals surface area contributed by atoms with E-state index in [0.29, 0.717) is 39.6 Å². The van der Waals surface area contributed by atoms with Gasteiger partial charge in [0.05, 0.1) is 6.42 Å². The van der Waals surface area contributed by atoms with Crippen LogP contribution in [-0.2, 0) is 11.3 Å². The number of nitroso groups, excluding NO2 is 1. The Kier molecular flexibility index (Phi) is 10.8. The summed E-state index contributed by atoms with van der Waals surface area (Å²) >= 11 is 12.4. The van der Waals surface area contributed by atoms with E-state index in [2.05, 4.69) is 41.5 Å². The molecule has 1 amide bonds. The number of carboxylic acid groups (broad SMARTS) is 1. The summed E-state index contributed by atoms with van der Waals surface area (Å²) in [7, 11) is 0. The van der Waals surface area contributed by atoms with Crippen LogP contribution in [0.3, 0.4) is 0 Å². The fraction of sp³-hybridized carbons (Fsp3) is 0.448. The van der Waals surface area contributed by atoms with Gasteiger partial charge in [0.1, 0.15) is 12.0 Å². The van der Waals surface area contributed by atoms with Gasteiger partial charge in [0, 0.05) is 40.4 Å². The van der Waals surface area contributed by atoms with Crippen molar-refractivity contribution in [3.8, 4) is 0 Å². The molecule has 0 radical (unpaired) electrons. The summed E-state index contributed by atoms with van der Waals surface area (Å²) in [5.74, 6) is -0.140. The number of halogens is 2. The Bertz CT molecular complexity index is 1170. The van der Waals surface area contributed by atoms with Gasteiger partial charge >= 0.3 is 5.97 Å². The fourth-order valence-corrected chi connectivity index (χ4v) is 5.54. The van der Waals surface area contributed by atoms with Gasteiger partial charge in [0.2, 0.25) is 0 Å². The summed E-state index contributed by atoms with van der Waals surface area (Å²) in [5.41, 5.74) is 2.26. The highest BCUT2D eigenvalue weighted by atomic mass is 35.5. The second kappa shape index (κ2) is 13.8. The minimum Gasteiger partial charge on any atom is -0.481 e. The van der Waals surface area contributed by atoms with Crippen molar-refractivity contribution in [1.29, 1.82) is 0 Å². The molecule has 1 aliphatic rings. The normalized spacial score (nSPS) is 17.8. The van der Waals surface area contributed by atoms with Crippen molar-refractivity contribution in [3.05, 3.63) is 80.6 Å². The van der Waals surface area contributed by atoms with E-state index in [9.17, 15) is 14.5 Å². The Balaban J connectivity index is 1.83. The summed E-state index contributed by atoms with van der Waals surface area (Å²) in [6.07, 6.45) is 5.20. The second-order valence-corrected chi connectivity index (χ2v) is 11.9. The zero-order valence-electron chi connectivity index (χ0n) is 22.5. The Morgan fingerprint density at radius 2 is 1.67 bits per heavy atom. The average molecular weight is 576 g/mol. The van der Waals surface area contributed by atoms with Gasteiger partial charge in [-0.3, -0.25) is 9.59 Å². The Labute approximate surface area is 239 Å². The monoisotopic (exact) mass is 574 g/mol. The topological polar surface area (TPSA) is 111 Å². The Morgan fingerprint density at radius 3 is 2.21 bits per heavy atom. The molecule has 39 heavy (non-hydrogen) atoms. The molecule has 0 atom stereocenters. The molecule has 0 aromatic heterocycles. The van der Waals surface area contributed by atoms with E-state index in [1.807, 2.05) is 12.1 Å². The molecule has 2 aromatic carbocycles. The maximum atomic E-state index is 12.4. The third-order valence-corrected chi connectivity index (χ3v) is 7.61. The Hall–Kier alpha value is -3.10. The molecule has 8 nitrogen and oxygen atoms in total. The summed E-state index contributed by atoms with van der Waals surface area (Å²) in [5, 5.41) is 18.7. The van der Waals surface area contributed by atoms with Gasteiger partial charge in [-0.05, 0) is 78.1 Å². The zero-order chi connectivity index (χ0) is 28.6. The van der Waals surface area contributed by atoms with Crippen LogP contribution in [-0.4, -0.2) is 34.5 Å². The molecule has 0 unspecified atom stereocenters. The molecule has 0 spiro atoms. The van der Waals surface area contributed by atoms with Crippen molar-refractivity contribution in [2.45, 2.75) is 65.5 Å². The first kappa shape index (κ1) is 30.4. The lowest BCUT2D eigenvalue weighted by Gasteiger charge is -2.42. The molecule has 3 N–H and O–H groups in total. The molecule has 0 heterocycles. The van der Waals surface area contributed by atoms with Crippen LogP contribution in [0, 0.1) is 16.2 Å². The number of nitrogens with zero attached hydrogens (tertiary/aromatic N) is 2. The number of carboxylic acids is 1. The van der Waals surface area contributed by atoms with Gasteiger partial charge < -0.3 is 20.6 Å². The highest BCUT2D eigenvalue weighted by Crippen LogP contribution is 2.40. The van der Waals surface area contributed by atoms with Gasteiger partial charge in [0.25, 0.3) is 5.91 Å². The predicted octanol–water partition coefficient (Wildman–Crippen LogP) is 7.28. The minimum atomic E-state index is -0.968. The zero-order valence-corrected chi connectivity index (χ0v) is 24.1. The van der Waals surface area contributed by atoms with Gasteiger partial charge in [0.15, 0.2) is 0 Å². The molecular weight excluding hydrogens is 539 g/mol. The number of benzene rings is 2. The standard InChI is InChI=1S/C29H36Cl2N4O4/c1-29(2,3)21-8-10-25(11-9-21)35(26(17-33-39)34-24-15-22(30)14-23(31)16-24)18-19-4-6-20(7-5-19)28(38)32-13-12-27(36)37/h4-7,14-17,21,25,34H,8-13,18H2,1-3H3,(H,32,38)(H,36,37)/b26-17-/t21-,25-. The largest absolute Gasteiger partial charge is 0.481 e. The summed E-state index contributed by atoms with van der Waals surface area (Å²) in [4.78, 5) is 36.7. The molecule has 0 saturated heterocycles. The van der Waals surface area contributed by atoms with Crippen LogP contribution in [0.2, 0.25) is 10.0 Å². The Morgan fingerprint density at radius 1 is 1.05 bits per heavy atom. The number of hydrogen-bond acceptors (Lipinski definition) is 6. The van der Waals surface area contributed by atoms with Crippen LogP contribution in [0.4, 0.5) is 5.69 Å². The lowest BCUT2D eigenvalue weighted by Crippen LogP contribution is -2.40. The van der Waals surface area contributed by atoms with E-state index < -0.39 is 5.97 Å². The summed E-state index contributed by atoms with van der Waals surface area (Å²) < 4.78 is 0. The maximum absolute atomic E-state index is 12.4. The number of carbonyl (C=O) groups is 2. The van der Waals surface area contributed by atoms with Crippen molar-refractivity contribution in [2.75, 3.05) is 11.9 Å². The first-order valence-electron chi connectivity index (χ1n) is 13.1. The number of amides is 1. The first-order valence-corrected chi connectivity index (χ1v) is 13.8. The smallest absolute Gasteiger partial charge is 0.305 e. The quantitative estimate of drug-likeness (QED) is 0.243. The van der Waals surface area contributed by atoms with Crippen molar-refractivity contribution < 1.29 is 14.7 Å². The number of rotatable bonds is 11. The summed E-state index contributed by atoms with van der Waals surface area (Å²) in [6, 6.07) is 12.4. The van der Waals surface area contributed by atoms with Crippen molar-refractivity contribution >= 4 is 40.8 Å². The number of hydrogen-bond donors (Lipinski definition) is 3. The molecular formula is C29H36Cl2N4O4. The fourth-order valence-electron chi connectivity index (χ4n) is 5.01. The molecule has 1 aliphatic carbocycles. The molecule has 0 aliphatic heterocycles. The van der Waals surface area contributed by atoms with Crippen molar-refractivity contribution in [1.82, 2.24) is 10.2 Å². The highest BCUT2D eigenvalue weighted by molar-refractivity contribution is 6.35. The molecule has 1 fully saturated rings. The lowest BCUT2D eigenvalue weighted by atomic mass is 9.71. The maximum Gasteiger partial charge on any atom is 0.305 e. The lowest BCUT2D eigenvalue weighted by molar-refractivity contribution is -0.136. The number of carbonyl (C=O) groups excluding carboxylic acids is 1. The van der Waals surface area contributed by atoms with Crippen LogP contribution in [0.15, 0.2) is 59.7 Å². The van der Waals surface area contributed by atoms with Gasteiger partial charge in [-0.25, -0.2) is 0 Å². The van der Waals surface area contributed by atoms with Crippen LogP contribution >= 0.6 is 23.2 Å². The van der Waals surface area contributed by atoms with E-state index in [0.717, 1.165) is 31.2 Å². The number of anilines is 1. The van der Waals surface area contributed by atoms with Gasteiger partial charge in [-0.2, -0.15) is 0 Å². The van der Waals surface area contributed by atoms with Crippen LogP contribution in [0.5, 0.6) is 0 Å². The van der Waals surface area contributed by atoms with E-state index in [4.69, 9.17) is 28.3 Å². The molecule has 0 bridgehead atoms. The molecule has 1 saturated carbocycles. The number of nitrogens with one attached hydrogen (secondary N) is 2. The SMILES string of the molecule is CC(C)(C)[C@H]1CC[C@H](N(Cc2ccc(C(=O)NCCC(=O)O)cc2)/C(=C\N=O)Nc2cc(Cl)cc(Cl)c2)CC1. The second-order valence-electron chi connectivity index (χ2n) is 11.0. The average Bonchev–Trinajstić information content (AvgIpc) is 2.86. The summed E-state index contributed by atoms with van der Waals surface area (Å²) in [6.45, 7) is 7.38. The molecule has 10 heteroatoms. The molecule has 210 valence electrons. The predicted molar refractivity (Wildman–Crippen MR) is 156 cm³/mol. The molecule has 3 rings (SSSR count). The van der Waals surface area contributed by atoms with E-state index in [1.165, 1.54) is 6.20 Å². The van der Waals surface area contributed by atoms with E-state index >= 15 is 0 Å². The third kappa shape index (κ3) is 9.25. The van der Waals surface area contributed by atoms with Crippen molar-refractivity contribution in [3.63, 3.8) is 0 Å². The van der Waals surface area contributed by atoms with Gasteiger partial charge in [-0.1, -0.05) is 56.1 Å². The van der Waals surface area contributed by atoms with Gasteiger partial charge in [-0.15, -0.1) is 4.91 Å². The van der Waals surface area contributed by atoms with E-state index in [-0.39, 0.29) is 30.3 Å². The highest BCUT2D eigenvalue weighted by Gasteiger charge is 2.33.